The van der Waals surface area contributed by atoms with Crippen LogP contribution in [0.25, 0.3) is 0 Å². The van der Waals surface area contributed by atoms with E-state index in [9.17, 15) is 4.79 Å². The fourth-order valence-corrected chi connectivity index (χ4v) is 1.39. The van der Waals surface area contributed by atoms with Crippen LogP contribution >= 0.6 is 0 Å². The first-order valence-electron chi connectivity index (χ1n) is 5.08. The zero-order valence-electron chi connectivity index (χ0n) is 9.41. The van der Waals surface area contributed by atoms with E-state index in [1.165, 1.54) is 0 Å². The molecule has 0 atom stereocenters. The van der Waals surface area contributed by atoms with Crippen LogP contribution in [0.5, 0.6) is 0 Å². The minimum Gasteiger partial charge on any atom is -0.466 e. The molecule has 4 heteroatoms. The molecule has 0 fully saturated rings. The van der Waals surface area contributed by atoms with Gasteiger partial charge in [0.05, 0.1) is 13.0 Å². The van der Waals surface area contributed by atoms with E-state index in [0.717, 1.165) is 17.2 Å². The Morgan fingerprint density at radius 3 is 2.73 bits per heavy atom. The first-order valence-corrected chi connectivity index (χ1v) is 5.08. The monoisotopic (exact) mass is 208 g/mol. The third-order valence-electron chi connectivity index (χ3n) is 1.91. The summed E-state index contributed by atoms with van der Waals surface area (Å²) in [5.74, 6) is 0.570. The van der Waals surface area contributed by atoms with Crippen LogP contribution in [0.15, 0.2) is 6.07 Å². The molecule has 4 nitrogen and oxygen atoms in total. The summed E-state index contributed by atoms with van der Waals surface area (Å²) in [6, 6.07) is 1.90. The van der Waals surface area contributed by atoms with E-state index in [1.807, 2.05) is 19.9 Å². The van der Waals surface area contributed by atoms with Gasteiger partial charge in [-0.2, -0.15) is 0 Å². The standard InChI is InChI=1S/C11H16N2O2/c1-4-15-11(14)6-5-10-7-8(2)12-9(3)13-10/h7H,4-6H2,1-3H3. The van der Waals surface area contributed by atoms with Crippen LogP contribution in [0.3, 0.4) is 0 Å². The van der Waals surface area contributed by atoms with E-state index < -0.39 is 0 Å². The number of carbonyl (C=O) groups excluding carboxylic acids is 1. The van der Waals surface area contributed by atoms with Crippen molar-refractivity contribution in [3.63, 3.8) is 0 Å². The summed E-state index contributed by atoms with van der Waals surface area (Å²) in [4.78, 5) is 19.5. The molecule has 0 amide bonds. The minimum absolute atomic E-state index is 0.175. The number of rotatable bonds is 4. The fourth-order valence-electron chi connectivity index (χ4n) is 1.39. The van der Waals surface area contributed by atoms with Crippen molar-refractivity contribution in [1.29, 1.82) is 0 Å². The summed E-state index contributed by atoms with van der Waals surface area (Å²) < 4.78 is 4.84. The number of hydrogen-bond acceptors (Lipinski definition) is 4. The van der Waals surface area contributed by atoms with Gasteiger partial charge in [-0.05, 0) is 26.8 Å². The molecule has 82 valence electrons. The highest BCUT2D eigenvalue weighted by atomic mass is 16.5. The van der Waals surface area contributed by atoms with Crippen LogP contribution in [0, 0.1) is 13.8 Å². The molecular weight excluding hydrogens is 192 g/mol. The second-order valence-corrected chi connectivity index (χ2v) is 3.35. The number of aryl methyl sites for hydroxylation is 3. The molecule has 1 aromatic heterocycles. The Labute approximate surface area is 89.7 Å². The van der Waals surface area contributed by atoms with Crippen LogP contribution in [-0.2, 0) is 16.0 Å². The van der Waals surface area contributed by atoms with Gasteiger partial charge in [0.1, 0.15) is 5.82 Å². The average molecular weight is 208 g/mol. The molecule has 0 saturated carbocycles. The number of carbonyl (C=O) groups is 1. The fraction of sp³-hybridized carbons (Fsp3) is 0.545. The van der Waals surface area contributed by atoms with Gasteiger partial charge in [0.2, 0.25) is 0 Å². The summed E-state index contributed by atoms with van der Waals surface area (Å²) in [5.41, 5.74) is 1.83. The second kappa shape index (κ2) is 5.44. The summed E-state index contributed by atoms with van der Waals surface area (Å²) in [7, 11) is 0. The second-order valence-electron chi connectivity index (χ2n) is 3.35. The summed E-state index contributed by atoms with van der Waals surface area (Å²) in [6.45, 7) is 6.00. The van der Waals surface area contributed by atoms with E-state index in [1.54, 1.807) is 6.92 Å². The van der Waals surface area contributed by atoms with Gasteiger partial charge < -0.3 is 4.74 Å². The van der Waals surface area contributed by atoms with Gasteiger partial charge in [0.15, 0.2) is 0 Å². The highest BCUT2D eigenvalue weighted by Gasteiger charge is 2.04. The molecule has 0 saturated heterocycles. The SMILES string of the molecule is CCOC(=O)CCc1cc(C)nc(C)n1. The molecule has 0 aliphatic rings. The summed E-state index contributed by atoms with van der Waals surface area (Å²) in [6.07, 6.45) is 0.993. The number of ether oxygens (including phenoxy) is 1. The first-order chi connectivity index (χ1) is 7.11. The molecule has 1 aromatic rings. The van der Waals surface area contributed by atoms with Crippen LogP contribution < -0.4 is 0 Å². The highest BCUT2D eigenvalue weighted by molar-refractivity contribution is 5.69. The number of hydrogen-bond donors (Lipinski definition) is 0. The van der Waals surface area contributed by atoms with Gasteiger partial charge in [-0.1, -0.05) is 0 Å². The average Bonchev–Trinajstić information content (AvgIpc) is 2.14. The van der Waals surface area contributed by atoms with E-state index in [-0.39, 0.29) is 5.97 Å². The van der Waals surface area contributed by atoms with Crippen molar-refractivity contribution in [2.45, 2.75) is 33.6 Å². The summed E-state index contributed by atoms with van der Waals surface area (Å²) >= 11 is 0. The Kier molecular flexibility index (Phi) is 4.21. The molecule has 0 spiro atoms. The Morgan fingerprint density at radius 2 is 2.13 bits per heavy atom. The lowest BCUT2D eigenvalue weighted by Crippen LogP contribution is -2.06. The Balaban J connectivity index is 2.54. The Bertz CT molecular complexity index is 330. The maximum atomic E-state index is 11.1. The number of nitrogens with zero attached hydrogens (tertiary/aromatic N) is 2. The molecule has 0 N–H and O–H groups in total. The van der Waals surface area contributed by atoms with E-state index >= 15 is 0 Å². The molecule has 0 unspecified atom stereocenters. The quantitative estimate of drug-likeness (QED) is 0.705. The summed E-state index contributed by atoms with van der Waals surface area (Å²) in [5, 5.41) is 0. The molecule has 15 heavy (non-hydrogen) atoms. The molecule has 0 bridgehead atoms. The van der Waals surface area contributed by atoms with Gasteiger partial charge in [-0.25, -0.2) is 9.97 Å². The zero-order valence-corrected chi connectivity index (χ0v) is 9.41. The molecule has 0 aliphatic heterocycles. The number of esters is 1. The lowest BCUT2D eigenvalue weighted by atomic mass is 10.2. The third-order valence-corrected chi connectivity index (χ3v) is 1.91. The minimum atomic E-state index is -0.175. The topological polar surface area (TPSA) is 52.1 Å². The van der Waals surface area contributed by atoms with Gasteiger partial charge in [-0.15, -0.1) is 0 Å². The van der Waals surface area contributed by atoms with Crippen molar-refractivity contribution >= 4 is 5.97 Å². The van der Waals surface area contributed by atoms with Crippen molar-refractivity contribution in [2.75, 3.05) is 6.61 Å². The first kappa shape index (κ1) is 11.6. The highest BCUT2D eigenvalue weighted by Crippen LogP contribution is 2.03. The number of aromatic nitrogens is 2. The van der Waals surface area contributed by atoms with Crippen molar-refractivity contribution in [2.24, 2.45) is 0 Å². The maximum absolute atomic E-state index is 11.1. The van der Waals surface area contributed by atoms with Crippen LogP contribution in [-0.4, -0.2) is 22.5 Å². The van der Waals surface area contributed by atoms with Gasteiger partial charge in [0.25, 0.3) is 0 Å². The lowest BCUT2D eigenvalue weighted by Gasteiger charge is -2.03. The molecular formula is C11H16N2O2. The van der Waals surface area contributed by atoms with Gasteiger partial charge >= 0.3 is 5.97 Å². The molecule has 1 rings (SSSR count). The largest absolute Gasteiger partial charge is 0.466 e. The van der Waals surface area contributed by atoms with Crippen LogP contribution in [0.1, 0.15) is 30.6 Å². The van der Waals surface area contributed by atoms with Gasteiger partial charge in [0, 0.05) is 17.8 Å². The Hall–Kier alpha value is -1.45. The van der Waals surface area contributed by atoms with E-state index in [4.69, 9.17) is 4.74 Å². The van der Waals surface area contributed by atoms with Gasteiger partial charge in [-0.3, -0.25) is 4.79 Å². The van der Waals surface area contributed by atoms with E-state index in [2.05, 4.69) is 9.97 Å². The zero-order chi connectivity index (χ0) is 11.3. The van der Waals surface area contributed by atoms with Crippen LogP contribution in [0.4, 0.5) is 0 Å². The predicted molar refractivity (Wildman–Crippen MR) is 56.5 cm³/mol. The maximum Gasteiger partial charge on any atom is 0.306 e. The van der Waals surface area contributed by atoms with Crippen molar-refractivity contribution in [3.05, 3.63) is 23.3 Å². The molecule has 0 aromatic carbocycles. The van der Waals surface area contributed by atoms with E-state index in [0.29, 0.717) is 19.4 Å². The van der Waals surface area contributed by atoms with Crippen molar-refractivity contribution in [1.82, 2.24) is 9.97 Å². The van der Waals surface area contributed by atoms with Crippen LogP contribution in [0.2, 0.25) is 0 Å². The molecule has 0 radical (unpaired) electrons. The smallest absolute Gasteiger partial charge is 0.306 e. The Morgan fingerprint density at radius 1 is 1.40 bits per heavy atom. The normalized spacial score (nSPS) is 10.1. The predicted octanol–water partition coefficient (Wildman–Crippen LogP) is 1.59. The third kappa shape index (κ3) is 4.06. The molecule has 0 aliphatic carbocycles. The molecule has 1 heterocycles. The van der Waals surface area contributed by atoms with Crippen molar-refractivity contribution < 1.29 is 9.53 Å². The lowest BCUT2D eigenvalue weighted by molar-refractivity contribution is -0.143. The van der Waals surface area contributed by atoms with Crippen molar-refractivity contribution in [3.8, 4) is 0 Å².